The predicted octanol–water partition coefficient (Wildman–Crippen LogP) is 4.82. The second-order valence-corrected chi connectivity index (χ2v) is 18.7. The highest BCUT2D eigenvalue weighted by molar-refractivity contribution is 7.91. The number of aryl methyl sites for hydroxylation is 1. The molecule has 1 aromatic carbocycles. The van der Waals surface area contributed by atoms with E-state index in [2.05, 4.69) is 21.9 Å². The standard InChI is InChI=1S/C41H53N5O8S/c1-2-28-23-41(28,39(49)45-55(51,52)30-19-20-30)44-37(47)33-22-29-24-46(33)38(48)36(26-12-6-7-13-26)43-40(50)54-34-18-10-15-25(34)11-4-3-5-17-32-35(53-29)21-27-14-8-9-16-31(27)42-32/h2,8-9,14,16,21,25-26,28-30,33-34,36H,1,3-7,10-13,15,17-20,22-24H2,(H,43,50)(H,44,47)(H,45,49)/t25-,28-,29-,33+,34-,36+,41-/m1/s1. The Bertz CT molecular complexity index is 1950. The summed E-state index contributed by atoms with van der Waals surface area (Å²) < 4.78 is 40.5. The van der Waals surface area contributed by atoms with Crippen molar-refractivity contribution in [2.75, 3.05) is 6.54 Å². The lowest BCUT2D eigenvalue weighted by Gasteiger charge is -2.32. The summed E-state index contributed by atoms with van der Waals surface area (Å²) in [7, 11) is -3.88. The second kappa shape index (κ2) is 15.4. The number of aromatic nitrogens is 1. The summed E-state index contributed by atoms with van der Waals surface area (Å²) >= 11 is 0. The molecule has 4 amide bonds. The number of amides is 4. The van der Waals surface area contributed by atoms with Crippen LogP contribution in [0, 0.1) is 17.8 Å². The number of carbonyl (C=O) groups excluding carboxylic acids is 4. The number of ether oxygens (including phenoxy) is 2. The summed E-state index contributed by atoms with van der Waals surface area (Å²) in [6.45, 7) is 3.88. The molecule has 2 aromatic rings. The second-order valence-electron chi connectivity index (χ2n) is 16.7. The third kappa shape index (κ3) is 7.93. The van der Waals surface area contributed by atoms with Gasteiger partial charge in [-0.05, 0) is 94.6 Å². The summed E-state index contributed by atoms with van der Waals surface area (Å²) in [6, 6.07) is 7.87. The molecule has 1 aromatic heterocycles. The fraction of sp³-hybridized carbons (Fsp3) is 0.634. The highest BCUT2D eigenvalue weighted by Crippen LogP contribution is 2.46. The van der Waals surface area contributed by atoms with Crippen LogP contribution in [0.5, 0.6) is 5.75 Å². The van der Waals surface area contributed by atoms with E-state index in [1.165, 1.54) is 4.90 Å². The van der Waals surface area contributed by atoms with Crippen molar-refractivity contribution in [3.8, 4) is 5.75 Å². The first-order valence-corrected chi connectivity index (χ1v) is 21.9. The van der Waals surface area contributed by atoms with E-state index < -0.39 is 68.7 Å². The van der Waals surface area contributed by atoms with Crippen molar-refractivity contribution in [1.29, 1.82) is 0 Å². The number of rotatable bonds is 7. The Morgan fingerprint density at radius 3 is 2.45 bits per heavy atom. The van der Waals surface area contributed by atoms with E-state index in [4.69, 9.17) is 14.5 Å². The lowest BCUT2D eigenvalue weighted by Crippen LogP contribution is -2.59. The Balaban J connectivity index is 1.12. The molecule has 7 atom stereocenters. The number of alkyl carbamates (subject to hydrolysis) is 1. The molecule has 55 heavy (non-hydrogen) atoms. The predicted molar refractivity (Wildman–Crippen MR) is 204 cm³/mol. The molecule has 0 unspecified atom stereocenters. The maximum Gasteiger partial charge on any atom is 0.408 e. The summed E-state index contributed by atoms with van der Waals surface area (Å²) in [4.78, 5) is 63.0. The zero-order chi connectivity index (χ0) is 38.3. The minimum Gasteiger partial charge on any atom is -0.487 e. The zero-order valence-corrected chi connectivity index (χ0v) is 32.2. The normalized spacial score (nSPS) is 31.9. The number of nitrogens with zero attached hydrogens (tertiary/aromatic N) is 2. The summed E-state index contributed by atoms with van der Waals surface area (Å²) in [5.74, 6) is -1.54. The molecule has 1 saturated heterocycles. The van der Waals surface area contributed by atoms with Crippen LogP contribution in [0.25, 0.3) is 10.9 Å². The van der Waals surface area contributed by atoms with E-state index in [-0.39, 0.29) is 37.3 Å². The van der Waals surface area contributed by atoms with Crippen molar-refractivity contribution in [2.45, 2.75) is 138 Å². The average Bonchev–Trinajstić information content (AvgIpc) is 3.95. The first kappa shape index (κ1) is 37.7. The number of sulfonamides is 1. The van der Waals surface area contributed by atoms with Gasteiger partial charge >= 0.3 is 6.09 Å². The Kier molecular flexibility index (Phi) is 10.5. The molecule has 4 aliphatic carbocycles. The first-order valence-electron chi connectivity index (χ1n) is 20.4. The number of pyridine rings is 1. The van der Waals surface area contributed by atoms with Gasteiger partial charge in [0, 0.05) is 17.7 Å². The van der Waals surface area contributed by atoms with Crippen molar-refractivity contribution in [3.63, 3.8) is 0 Å². The third-order valence-electron chi connectivity index (χ3n) is 12.9. The molecule has 2 aliphatic heterocycles. The zero-order valence-electron chi connectivity index (χ0n) is 31.4. The summed E-state index contributed by atoms with van der Waals surface area (Å²) in [5.41, 5.74) is 0.172. The molecule has 14 heteroatoms. The van der Waals surface area contributed by atoms with Crippen molar-refractivity contribution in [2.24, 2.45) is 17.8 Å². The number of nitrogens with one attached hydrogen (secondary N) is 3. The Morgan fingerprint density at radius 1 is 0.945 bits per heavy atom. The van der Waals surface area contributed by atoms with Crippen LogP contribution in [0.2, 0.25) is 0 Å². The van der Waals surface area contributed by atoms with Crippen LogP contribution in [0.15, 0.2) is 43.0 Å². The average molecular weight is 776 g/mol. The number of hydrogen-bond donors (Lipinski definition) is 3. The molecule has 13 nitrogen and oxygen atoms in total. The van der Waals surface area contributed by atoms with Gasteiger partial charge in [-0.3, -0.25) is 19.1 Å². The maximum absolute atomic E-state index is 14.8. The molecule has 3 N–H and O–H groups in total. The van der Waals surface area contributed by atoms with Gasteiger partial charge in [0.05, 0.1) is 23.0 Å². The quantitative estimate of drug-likeness (QED) is 0.334. The van der Waals surface area contributed by atoms with Gasteiger partial charge in [-0.25, -0.2) is 18.2 Å². The molecule has 6 aliphatic rings. The molecular weight excluding hydrogens is 723 g/mol. The first-order chi connectivity index (χ1) is 26.5. The van der Waals surface area contributed by atoms with Crippen LogP contribution in [0.1, 0.15) is 102 Å². The Morgan fingerprint density at radius 2 is 1.69 bits per heavy atom. The molecule has 3 heterocycles. The van der Waals surface area contributed by atoms with Crippen LogP contribution in [-0.4, -0.2) is 83.7 Å². The topological polar surface area (TPSA) is 173 Å². The van der Waals surface area contributed by atoms with Crippen molar-refractivity contribution < 1.29 is 37.1 Å². The van der Waals surface area contributed by atoms with E-state index in [1.54, 1.807) is 6.08 Å². The van der Waals surface area contributed by atoms with E-state index in [0.717, 1.165) is 87.2 Å². The molecular formula is C41H53N5O8S. The number of hydrogen-bond acceptors (Lipinski definition) is 9. The molecule has 8 rings (SSSR count). The number of fused-ring (bicyclic) bond motifs is 5. The number of carbonyl (C=O) groups is 4. The molecule has 0 radical (unpaired) electrons. The fourth-order valence-electron chi connectivity index (χ4n) is 9.50. The molecule has 4 saturated carbocycles. The molecule has 5 fully saturated rings. The number of para-hydroxylation sites is 1. The smallest absolute Gasteiger partial charge is 0.408 e. The van der Waals surface area contributed by atoms with Gasteiger partial charge in [-0.15, -0.1) is 6.58 Å². The highest BCUT2D eigenvalue weighted by Gasteiger charge is 2.62. The maximum atomic E-state index is 14.8. The number of benzene rings is 1. The van der Waals surface area contributed by atoms with Gasteiger partial charge in [0.15, 0.2) is 0 Å². The lowest BCUT2D eigenvalue weighted by molar-refractivity contribution is -0.142. The van der Waals surface area contributed by atoms with Crippen molar-refractivity contribution >= 4 is 44.7 Å². The van der Waals surface area contributed by atoms with Gasteiger partial charge in [-0.1, -0.05) is 50.0 Å². The van der Waals surface area contributed by atoms with Crippen molar-refractivity contribution in [3.05, 3.63) is 48.7 Å². The van der Waals surface area contributed by atoms with Gasteiger partial charge in [0.2, 0.25) is 21.8 Å². The minimum absolute atomic E-state index is 0.0635. The van der Waals surface area contributed by atoms with E-state index in [9.17, 15) is 27.6 Å². The third-order valence-corrected chi connectivity index (χ3v) is 14.7. The Labute approximate surface area is 322 Å². The SMILES string of the molecule is C=C[C@@H]1C[C@]1(NC(=O)[C@@H]1C[C@@H]2CN1C(=O)[C@H](C1CCCC1)NC(=O)O[C@@H]1CCC[C@H]1CCCCCc1nc3ccccc3cc1O2)C(=O)NS(=O)(=O)C1CC1. The van der Waals surface area contributed by atoms with Crippen LogP contribution in [0.3, 0.4) is 0 Å². The molecule has 0 spiro atoms. The highest BCUT2D eigenvalue weighted by atomic mass is 32.2. The van der Waals surface area contributed by atoms with E-state index >= 15 is 0 Å². The Hall–Kier alpha value is -4.20. The van der Waals surface area contributed by atoms with Crippen LogP contribution < -0.4 is 20.1 Å². The van der Waals surface area contributed by atoms with Crippen LogP contribution >= 0.6 is 0 Å². The van der Waals surface area contributed by atoms with Gasteiger partial charge in [-0.2, -0.15) is 0 Å². The largest absolute Gasteiger partial charge is 0.487 e. The summed E-state index contributed by atoms with van der Waals surface area (Å²) in [6.07, 6.45) is 12.0. The summed E-state index contributed by atoms with van der Waals surface area (Å²) in [5, 5.41) is 6.13. The monoisotopic (exact) mass is 775 g/mol. The fourth-order valence-corrected chi connectivity index (χ4v) is 10.9. The van der Waals surface area contributed by atoms with Gasteiger partial charge in [0.25, 0.3) is 5.91 Å². The van der Waals surface area contributed by atoms with Crippen LogP contribution in [0.4, 0.5) is 4.79 Å². The molecule has 2 bridgehead atoms. The van der Waals surface area contributed by atoms with Gasteiger partial charge in [0.1, 0.15) is 35.6 Å². The lowest BCUT2D eigenvalue weighted by atomic mass is 9.96. The van der Waals surface area contributed by atoms with E-state index in [0.29, 0.717) is 25.0 Å². The van der Waals surface area contributed by atoms with Gasteiger partial charge < -0.3 is 25.0 Å². The minimum atomic E-state index is -3.88. The van der Waals surface area contributed by atoms with E-state index in [1.807, 2.05) is 30.3 Å². The van der Waals surface area contributed by atoms with Crippen molar-refractivity contribution in [1.82, 2.24) is 25.2 Å². The molecule has 296 valence electrons. The van der Waals surface area contributed by atoms with Crippen LogP contribution in [-0.2, 0) is 35.6 Å².